The van der Waals surface area contributed by atoms with Crippen LogP contribution in [0.2, 0.25) is 0 Å². The number of carbonyl (C=O) groups is 2. The predicted molar refractivity (Wildman–Crippen MR) is 216 cm³/mol. The van der Waals surface area contributed by atoms with Gasteiger partial charge < -0.3 is 25.2 Å². The van der Waals surface area contributed by atoms with Crippen molar-refractivity contribution >= 4 is 45.3 Å². The molecule has 0 spiro atoms. The summed E-state index contributed by atoms with van der Waals surface area (Å²) in [6, 6.07) is 2.04. The van der Waals surface area contributed by atoms with Crippen molar-refractivity contribution in [3.63, 3.8) is 0 Å². The number of amides is 2. The summed E-state index contributed by atoms with van der Waals surface area (Å²) in [5.74, 6) is -0.764. The average molecular weight is 820 g/mol. The van der Waals surface area contributed by atoms with Crippen LogP contribution in [0, 0.1) is 11.3 Å². The number of nitrogens with two attached hydrogens (primary N) is 2. The van der Waals surface area contributed by atoms with Crippen LogP contribution in [0.1, 0.15) is 57.8 Å². The Morgan fingerprint density at radius 2 is 0.814 bits per heavy atom. The molecule has 6 aromatic heterocycles. The highest BCUT2D eigenvalue weighted by Crippen LogP contribution is 2.06. The summed E-state index contributed by atoms with van der Waals surface area (Å²) in [6.07, 6.45) is 8.96. The Bertz CT molecular complexity index is 2790. The van der Waals surface area contributed by atoms with Gasteiger partial charge in [0.2, 0.25) is 11.8 Å². The van der Waals surface area contributed by atoms with E-state index in [1.165, 1.54) is 46.4 Å². The van der Waals surface area contributed by atoms with Gasteiger partial charge in [-0.3, -0.25) is 51.4 Å². The van der Waals surface area contributed by atoms with Gasteiger partial charge in [0, 0.05) is 81.2 Å². The number of aryl methyl sites for hydroxylation is 6. The molecule has 23 nitrogen and oxygen atoms in total. The van der Waals surface area contributed by atoms with Gasteiger partial charge in [-0.1, -0.05) is 0 Å². The summed E-state index contributed by atoms with van der Waals surface area (Å²) in [7, 11) is 9.90. The molecule has 0 aliphatic carbocycles. The van der Waals surface area contributed by atoms with Crippen LogP contribution >= 0.6 is 0 Å². The molecule has 0 fully saturated rings. The Morgan fingerprint density at radius 3 is 1.08 bits per heavy atom. The first-order chi connectivity index (χ1) is 27.9. The number of imidazole rings is 3. The fourth-order valence-electron chi connectivity index (χ4n) is 6.39. The van der Waals surface area contributed by atoms with Crippen LogP contribution in [0.3, 0.4) is 0 Å². The number of nitriles is 1. The SMILES string of the molecule is Cn1cnc2c1c(=O)n(CCCCC#N)c(=O)n2C.Cn1cnc2c1c(=O)n(CCCCC(N)=O)c(=O)n2C.Cn1cnc2c1c(=O)n(CCCCC(N)=O)c(=O)n2C. The molecule has 0 aliphatic rings. The third-order valence-corrected chi connectivity index (χ3v) is 9.63. The van der Waals surface area contributed by atoms with Gasteiger partial charge in [-0.25, -0.2) is 29.3 Å². The predicted octanol–water partition coefficient (Wildman–Crippen LogP) is -1.69. The van der Waals surface area contributed by atoms with E-state index in [2.05, 4.69) is 15.0 Å². The van der Waals surface area contributed by atoms with E-state index in [-0.39, 0.29) is 60.1 Å². The summed E-state index contributed by atoms with van der Waals surface area (Å²) in [5, 5.41) is 8.47. The number of fused-ring (bicyclic) bond motifs is 3. The van der Waals surface area contributed by atoms with E-state index in [0.29, 0.717) is 85.0 Å². The molecule has 6 aromatic rings. The quantitative estimate of drug-likeness (QED) is 0.116. The maximum absolute atomic E-state index is 12.3. The zero-order valence-electron chi connectivity index (χ0n) is 34.0. The molecule has 316 valence electrons. The fraction of sp³-hybridized carbons (Fsp3) is 0.500. The molecule has 2 amide bonds. The fourth-order valence-corrected chi connectivity index (χ4v) is 6.39. The number of carbonyl (C=O) groups excluding carboxylic acids is 2. The molecule has 4 N–H and O–H groups in total. The van der Waals surface area contributed by atoms with Crippen molar-refractivity contribution in [3.05, 3.63) is 81.5 Å². The number of aromatic nitrogens is 12. The smallest absolute Gasteiger partial charge is 0.332 e. The summed E-state index contributed by atoms with van der Waals surface area (Å²) >= 11 is 0. The molecule has 0 atom stereocenters. The number of nitrogens with zero attached hydrogens (tertiary/aromatic N) is 13. The Labute approximate surface area is 334 Å². The molecule has 0 saturated heterocycles. The van der Waals surface area contributed by atoms with E-state index in [1.807, 2.05) is 6.07 Å². The van der Waals surface area contributed by atoms with Crippen molar-refractivity contribution < 1.29 is 9.59 Å². The molecule has 0 bridgehead atoms. The van der Waals surface area contributed by atoms with Gasteiger partial charge in [0.05, 0.1) is 25.1 Å². The minimum Gasteiger partial charge on any atom is -0.370 e. The number of primary amides is 2. The van der Waals surface area contributed by atoms with Gasteiger partial charge in [0.15, 0.2) is 33.5 Å². The third kappa shape index (κ3) is 9.71. The first kappa shape index (κ1) is 44.6. The molecule has 0 aromatic carbocycles. The number of hydrogen-bond donors (Lipinski definition) is 2. The lowest BCUT2D eigenvalue weighted by molar-refractivity contribution is -0.119. The zero-order valence-corrected chi connectivity index (χ0v) is 34.0. The van der Waals surface area contributed by atoms with Crippen molar-refractivity contribution in [1.29, 1.82) is 5.26 Å². The second-order valence-corrected chi connectivity index (χ2v) is 13.9. The third-order valence-electron chi connectivity index (χ3n) is 9.63. The van der Waals surface area contributed by atoms with Gasteiger partial charge in [-0.05, 0) is 38.5 Å². The van der Waals surface area contributed by atoms with Crippen molar-refractivity contribution in [1.82, 2.24) is 56.1 Å². The average Bonchev–Trinajstić information content (AvgIpc) is 3.90. The standard InChI is InChI=1S/2C12H17N5O3.C12H15N5O2/c2*1-15-7-14-10-9(15)11(19)17(12(20)16(10)2)6-4-3-5-8(13)18;1-15-8-14-10-9(15)11(18)17(12(19)16(10)2)7-5-3-4-6-13/h2*7H,3-6H2,1-2H3,(H2,13,18);8H,3-5,7H2,1-2H3. The van der Waals surface area contributed by atoms with Gasteiger partial charge >= 0.3 is 17.1 Å². The molecule has 23 heteroatoms. The van der Waals surface area contributed by atoms with Crippen LogP contribution in [-0.2, 0) is 71.5 Å². The molecule has 6 rings (SSSR count). The van der Waals surface area contributed by atoms with E-state index in [4.69, 9.17) is 16.7 Å². The van der Waals surface area contributed by atoms with Gasteiger partial charge in [0.25, 0.3) is 16.7 Å². The van der Waals surface area contributed by atoms with E-state index in [1.54, 1.807) is 56.0 Å². The van der Waals surface area contributed by atoms with Crippen LogP contribution in [0.25, 0.3) is 33.5 Å². The lowest BCUT2D eigenvalue weighted by Gasteiger charge is -2.08. The molecular weight excluding hydrogens is 770 g/mol. The number of rotatable bonds is 14. The van der Waals surface area contributed by atoms with Crippen molar-refractivity contribution in [2.24, 2.45) is 53.8 Å². The Morgan fingerprint density at radius 1 is 0.525 bits per heavy atom. The molecule has 0 unspecified atom stereocenters. The Kier molecular flexibility index (Phi) is 14.6. The minimum atomic E-state index is -0.403. The highest BCUT2D eigenvalue weighted by Gasteiger charge is 2.17. The Balaban J connectivity index is 0.000000196. The maximum atomic E-state index is 12.3. The van der Waals surface area contributed by atoms with E-state index < -0.39 is 11.4 Å². The van der Waals surface area contributed by atoms with Gasteiger partial charge in [0.1, 0.15) is 0 Å². The number of unbranched alkanes of at least 4 members (excludes halogenated alkanes) is 4. The molecular formula is C36H49N15O8. The van der Waals surface area contributed by atoms with Crippen LogP contribution in [0.15, 0.2) is 47.7 Å². The van der Waals surface area contributed by atoms with Crippen LogP contribution < -0.4 is 45.2 Å². The zero-order chi connectivity index (χ0) is 43.7. The van der Waals surface area contributed by atoms with Crippen LogP contribution in [0.5, 0.6) is 0 Å². The maximum Gasteiger partial charge on any atom is 0.332 e. The summed E-state index contributed by atoms with van der Waals surface area (Å²) in [5.41, 5.74) is 10.2. The second-order valence-electron chi connectivity index (χ2n) is 13.9. The summed E-state index contributed by atoms with van der Waals surface area (Å²) < 4.78 is 12.4. The Hall–Kier alpha value is -7.12. The lowest BCUT2D eigenvalue weighted by atomic mass is 10.2. The monoisotopic (exact) mass is 819 g/mol. The van der Waals surface area contributed by atoms with Gasteiger partial charge in [-0.15, -0.1) is 0 Å². The lowest BCUT2D eigenvalue weighted by Crippen LogP contribution is -2.39. The topological polar surface area (TPSA) is 295 Å². The molecule has 0 saturated carbocycles. The van der Waals surface area contributed by atoms with E-state index in [0.717, 1.165) is 0 Å². The molecule has 0 aliphatic heterocycles. The molecule has 6 heterocycles. The first-order valence-corrected chi connectivity index (χ1v) is 18.7. The highest BCUT2D eigenvalue weighted by atomic mass is 16.2. The normalized spacial score (nSPS) is 11.0. The molecule has 59 heavy (non-hydrogen) atoms. The van der Waals surface area contributed by atoms with Crippen molar-refractivity contribution in [2.45, 2.75) is 77.4 Å². The summed E-state index contributed by atoms with van der Waals surface area (Å²) in [4.78, 5) is 107. The molecule has 0 radical (unpaired) electrons. The largest absolute Gasteiger partial charge is 0.370 e. The summed E-state index contributed by atoms with van der Waals surface area (Å²) in [6.45, 7) is 0.855. The highest BCUT2D eigenvalue weighted by molar-refractivity contribution is 5.74. The van der Waals surface area contributed by atoms with Crippen molar-refractivity contribution in [3.8, 4) is 6.07 Å². The van der Waals surface area contributed by atoms with E-state index in [9.17, 15) is 38.4 Å². The van der Waals surface area contributed by atoms with Gasteiger partial charge in [-0.2, -0.15) is 5.26 Å². The van der Waals surface area contributed by atoms with E-state index >= 15 is 0 Å². The first-order valence-electron chi connectivity index (χ1n) is 18.7. The minimum absolute atomic E-state index is 0.253. The van der Waals surface area contributed by atoms with Crippen LogP contribution in [0.4, 0.5) is 0 Å². The number of hydrogen-bond acceptors (Lipinski definition) is 12. The van der Waals surface area contributed by atoms with Crippen LogP contribution in [-0.4, -0.2) is 67.9 Å². The second kappa shape index (κ2) is 19.4. The van der Waals surface area contributed by atoms with Crippen molar-refractivity contribution in [2.75, 3.05) is 0 Å².